The zero-order valence-corrected chi connectivity index (χ0v) is 17.0. The number of amides is 4. The lowest BCUT2D eigenvalue weighted by molar-refractivity contribution is -0.143. The summed E-state index contributed by atoms with van der Waals surface area (Å²) in [6.07, 6.45) is 6.89. The Morgan fingerprint density at radius 1 is 1.03 bits per heavy atom. The molecule has 4 amide bonds. The van der Waals surface area contributed by atoms with Crippen LogP contribution in [0, 0.1) is 30.6 Å². The van der Waals surface area contributed by atoms with Gasteiger partial charge in [-0.05, 0) is 49.7 Å². The molecule has 4 unspecified atom stereocenters. The monoisotopic (exact) mass is 407 g/mol. The summed E-state index contributed by atoms with van der Waals surface area (Å²) in [4.78, 5) is 54.3. The van der Waals surface area contributed by atoms with E-state index in [0.29, 0.717) is 11.3 Å². The van der Waals surface area contributed by atoms with Crippen LogP contribution in [0.1, 0.15) is 35.2 Å². The van der Waals surface area contributed by atoms with E-state index < -0.39 is 5.91 Å². The van der Waals surface area contributed by atoms with E-state index in [4.69, 9.17) is 0 Å². The lowest BCUT2D eigenvalue weighted by Crippen LogP contribution is -2.39. The number of carbonyl (C=O) groups excluding carboxylic acids is 4. The second-order valence-corrected chi connectivity index (χ2v) is 8.81. The number of nitrogens with zero attached hydrogens (tertiary/aromatic N) is 2. The number of nitrogens with one attached hydrogen (secondary N) is 1. The zero-order valence-electron chi connectivity index (χ0n) is 17.0. The Morgan fingerprint density at radius 2 is 1.67 bits per heavy atom. The van der Waals surface area contributed by atoms with Crippen LogP contribution in [0.15, 0.2) is 30.4 Å². The summed E-state index contributed by atoms with van der Waals surface area (Å²) in [7, 11) is 0. The zero-order chi connectivity index (χ0) is 21.0. The number of rotatable bonds is 4. The third-order valence-electron chi connectivity index (χ3n) is 7.02. The van der Waals surface area contributed by atoms with Crippen molar-refractivity contribution >= 4 is 29.3 Å². The predicted octanol–water partition coefficient (Wildman–Crippen LogP) is 1.98. The van der Waals surface area contributed by atoms with E-state index in [1.54, 1.807) is 17.0 Å². The average molecular weight is 407 g/mol. The number of allylic oxidation sites excluding steroid dienone is 2. The van der Waals surface area contributed by atoms with Crippen LogP contribution < -0.4 is 5.32 Å². The van der Waals surface area contributed by atoms with Gasteiger partial charge in [-0.2, -0.15) is 0 Å². The molecule has 5 rings (SSSR count). The Morgan fingerprint density at radius 3 is 2.30 bits per heavy atom. The van der Waals surface area contributed by atoms with Crippen LogP contribution in [0.2, 0.25) is 0 Å². The Kier molecular flexibility index (Phi) is 4.49. The smallest absolute Gasteiger partial charge is 0.256 e. The number of benzene rings is 1. The fourth-order valence-electron chi connectivity index (χ4n) is 5.59. The number of hydrogen-bond acceptors (Lipinski definition) is 4. The molecule has 0 spiro atoms. The molecule has 0 radical (unpaired) electrons. The number of carbonyl (C=O) groups is 4. The second kappa shape index (κ2) is 7.07. The van der Waals surface area contributed by atoms with Crippen LogP contribution in [0.4, 0.5) is 5.69 Å². The number of anilines is 1. The standard InChI is InChI=1S/C23H25N3O4/c1-13-5-4-6-16(18(13)21(28)25-9-2-3-10-25)24-17(27)12-26-22(29)19-14-7-8-15(11-14)20(19)23(26)30/h4-8,14-15,19-20H,2-3,9-12H2,1H3,(H,24,27). The molecule has 2 bridgehead atoms. The van der Waals surface area contributed by atoms with E-state index in [0.717, 1.165) is 42.8 Å². The minimum atomic E-state index is -0.460. The van der Waals surface area contributed by atoms with Crippen LogP contribution in [0.3, 0.4) is 0 Å². The first-order valence-corrected chi connectivity index (χ1v) is 10.7. The van der Waals surface area contributed by atoms with Crippen LogP contribution in [-0.2, 0) is 14.4 Å². The summed E-state index contributed by atoms with van der Waals surface area (Å²) in [5.74, 6) is -1.43. The van der Waals surface area contributed by atoms with Crippen molar-refractivity contribution in [3.63, 3.8) is 0 Å². The number of hydrogen-bond donors (Lipinski definition) is 1. The number of aryl methyl sites for hydroxylation is 1. The van der Waals surface area contributed by atoms with Crippen LogP contribution in [0.5, 0.6) is 0 Å². The maximum absolute atomic E-state index is 13.0. The van der Waals surface area contributed by atoms with Crippen molar-refractivity contribution in [2.24, 2.45) is 23.7 Å². The third-order valence-corrected chi connectivity index (χ3v) is 7.02. The SMILES string of the molecule is Cc1cccc(NC(=O)CN2C(=O)C3C4C=CC(C4)C3C2=O)c1C(=O)N1CCCC1. The van der Waals surface area contributed by atoms with Crippen molar-refractivity contribution in [1.82, 2.24) is 9.80 Å². The first kappa shape index (κ1) is 19.0. The highest BCUT2D eigenvalue weighted by molar-refractivity contribution is 6.11. The van der Waals surface area contributed by atoms with Crippen LogP contribution in [-0.4, -0.2) is 53.1 Å². The second-order valence-electron chi connectivity index (χ2n) is 8.81. The molecule has 2 aliphatic carbocycles. The van der Waals surface area contributed by atoms with Gasteiger partial charge in [-0.25, -0.2) is 0 Å². The molecule has 4 atom stereocenters. The first-order valence-electron chi connectivity index (χ1n) is 10.7. The quantitative estimate of drug-likeness (QED) is 0.611. The Bertz CT molecular complexity index is 949. The summed E-state index contributed by atoms with van der Waals surface area (Å²) < 4.78 is 0. The molecule has 1 saturated carbocycles. The molecule has 7 heteroatoms. The molecule has 7 nitrogen and oxygen atoms in total. The van der Waals surface area contributed by atoms with Gasteiger partial charge in [0, 0.05) is 13.1 Å². The third kappa shape index (κ3) is 2.87. The Labute approximate surface area is 175 Å². The van der Waals surface area contributed by atoms with E-state index in [-0.39, 0.29) is 47.9 Å². The Hall–Kier alpha value is -2.96. The fourth-order valence-corrected chi connectivity index (χ4v) is 5.59. The minimum Gasteiger partial charge on any atom is -0.339 e. The Balaban J connectivity index is 1.32. The highest BCUT2D eigenvalue weighted by Gasteiger charge is 2.59. The molecule has 1 aromatic carbocycles. The molecule has 2 aliphatic heterocycles. The molecule has 3 fully saturated rings. The van der Waals surface area contributed by atoms with Crippen LogP contribution >= 0.6 is 0 Å². The lowest BCUT2D eigenvalue weighted by atomic mass is 9.85. The van der Waals surface area contributed by atoms with Crippen molar-refractivity contribution in [1.29, 1.82) is 0 Å². The highest BCUT2D eigenvalue weighted by Crippen LogP contribution is 2.52. The van der Waals surface area contributed by atoms with Gasteiger partial charge in [-0.15, -0.1) is 0 Å². The number of imide groups is 1. The summed E-state index contributed by atoms with van der Waals surface area (Å²) in [6, 6.07) is 5.32. The van der Waals surface area contributed by atoms with Crippen molar-refractivity contribution in [2.75, 3.05) is 25.0 Å². The van der Waals surface area contributed by atoms with Gasteiger partial charge in [-0.3, -0.25) is 24.1 Å². The van der Waals surface area contributed by atoms with E-state index in [1.165, 1.54) is 0 Å². The van der Waals surface area contributed by atoms with E-state index >= 15 is 0 Å². The van der Waals surface area contributed by atoms with Crippen molar-refractivity contribution in [3.05, 3.63) is 41.5 Å². The van der Waals surface area contributed by atoms with Gasteiger partial charge in [-0.1, -0.05) is 24.3 Å². The van der Waals surface area contributed by atoms with Crippen LogP contribution in [0.25, 0.3) is 0 Å². The molecular formula is C23H25N3O4. The maximum atomic E-state index is 13.0. The molecule has 1 aromatic rings. The number of fused-ring (bicyclic) bond motifs is 5. The van der Waals surface area contributed by atoms with E-state index in [9.17, 15) is 19.2 Å². The normalized spacial score (nSPS) is 29.1. The molecule has 30 heavy (non-hydrogen) atoms. The molecule has 4 aliphatic rings. The molecule has 2 heterocycles. The first-order chi connectivity index (χ1) is 14.5. The highest BCUT2D eigenvalue weighted by atomic mass is 16.2. The molecule has 156 valence electrons. The predicted molar refractivity (Wildman–Crippen MR) is 109 cm³/mol. The topological polar surface area (TPSA) is 86.8 Å². The van der Waals surface area contributed by atoms with E-state index in [2.05, 4.69) is 5.32 Å². The summed E-state index contributed by atoms with van der Waals surface area (Å²) in [5, 5.41) is 2.78. The minimum absolute atomic E-state index is 0.0913. The van der Waals surface area contributed by atoms with Crippen molar-refractivity contribution in [2.45, 2.75) is 26.2 Å². The van der Waals surface area contributed by atoms with Crippen molar-refractivity contribution in [3.8, 4) is 0 Å². The molecule has 1 N–H and O–H groups in total. The van der Waals surface area contributed by atoms with Crippen molar-refractivity contribution < 1.29 is 19.2 Å². The largest absolute Gasteiger partial charge is 0.339 e. The van der Waals surface area contributed by atoms with Gasteiger partial charge in [0.15, 0.2) is 0 Å². The van der Waals surface area contributed by atoms with E-state index in [1.807, 2.05) is 25.1 Å². The van der Waals surface area contributed by atoms with Gasteiger partial charge in [0.2, 0.25) is 17.7 Å². The fraction of sp³-hybridized carbons (Fsp3) is 0.478. The van der Waals surface area contributed by atoms with Gasteiger partial charge in [0.05, 0.1) is 23.1 Å². The summed E-state index contributed by atoms with van der Waals surface area (Å²) >= 11 is 0. The molecular weight excluding hydrogens is 382 g/mol. The molecule has 2 saturated heterocycles. The maximum Gasteiger partial charge on any atom is 0.256 e. The number of likely N-dealkylation sites (tertiary alicyclic amines) is 2. The van der Waals surface area contributed by atoms with Gasteiger partial charge in [0.25, 0.3) is 5.91 Å². The van der Waals surface area contributed by atoms with Gasteiger partial charge < -0.3 is 10.2 Å². The molecule has 0 aromatic heterocycles. The summed E-state index contributed by atoms with van der Waals surface area (Å²) in [6.45, 7) is 2.97. The average Bonchev–Trinajstić information content (AvgIpc) is 3.50. The van der Waals surface area contributed by atoms with Gasteiger partial charge >= 0.3 is 0 Å². The van der Waals surface area contributed by atoms with Gasteiger partial charge in [0.1, 0.15) is 6.54 Å². The lowest BCUT2D eigenvalue weighted by Gasteiger charge is -2.21. The summed E-state index contributed by atoms with van der Waals surface area (Å²) in [5.41, 5.74) is 1.69.